The van der Waals surface area contributed by atoms with Crippen LogP contribution in [0.1, 0.15) is 36.7 Å². The maximum Gasteiger partial charge on any atom is 0.260 e. The lowest BCUT2D eigenvalue weighted by molar-refractivity contribution is 0.0985. The van der Waals surface area contributed by atoms with E-state index < -0.39 is 0 Å². The molecule has 0 spiro atoms. The highest BCUT2D eigenvalue weighted by Gasteiger charge is 2.23. The third-order valence-electron chi connectivity index (χ3n) is 5.45. The highest BCUT2D eigenvalue weighted by molar-refractivity contribution is 7.22. The van der Waals surface area contributed by atoms with E-state index in [-0.39, 0.29) is 5.91 Å². The first-order chi connectivity index (χ1) is 16.1. The van der Waals surface area contributed by atoms with Crippen molar-refractivity contribution in [2.45, 2.75) is 27.3 Å². The summed E-state index contributed by atoms with van der Waals surface area (Å²) in [5.74, 6) is 0.636. The Morgan fingerprint density at radius 1 is 1.00 bits per heavy atom. The van der Waals surface area contributed by atoms with E-state index in [1.54, 1.807) is 17.3 Å². The lowest BCUT2D eigenvalue weighted by Gasteiger charge is -2.22. The fraction of sp³-hybridized carbons (Fsp3) is 0.269. The number of para-hydroxylation sites is 1. The van der Waals surface area contributed by atoms with Gasteiger partial charge in [0, 0.05) is 36.7 Å². The third-order valence-corrected chi connectivity index (χ3v) is 6.50. The predicted octanol–water partition coefficient (Wildman–Crippen LogP) is 5.78. The second-order valence-electron chi connectivity index (χ2n) is 7.50. The van der Waals surface area contributed by atoms with Gasteiger partial charge in [0.05, 0.1) is 17.9 Å². The van der Waals surface area contributed by atoms with Crippen LogP contribution in [0.3, 0.4) is 0 Å². The summed E-state index contributed by atoms with van der Waals surface area (Å²) in [6, 6.07) is 17.5. The van der Waals surface area contributed by atoms with Crippen LogP contribution in [-0.4, -0.2) is 35.6 Å². The van der Waals surface area contributed by atoms with Crippen molar-refractivity contribution in [3.63, 3.8) is 0 Å². The van der Waals surface area contributed by atoms with E-state index in [1.165, 1.54) is 11.3 Å². The summed E-state index contributed by atoms with van der Waals surface area (Å²) in [6.07, 6.45) is 3.51. The number of carbonyl (C=O) groups is 1. The normalized spacial score (nSPS) is 10.9. The second kappa shape index (κ2) is 10.4. The smallest absolute Gasteiger partial charge is 0.260 e. The fourth-order valence-corrected chi connectivity index (χ4v) is 4.74. The number of thiazole rings is 1. The average molecular weight is 461 g/mol. The molecule has 0 radical (unpaired) electrons. The molecule has 2 aromatic carbocycles. The lowest BCUT2D eigenvalue weighted by Crippen LogP contribution is -2.30. The van der Waals surface area contributed by atoms with Gasteiger partial charge in [0.1, 0.15) is 11.3 Å². The summed E-state index contributed by atoms with van der Waals surface area (Å²) in [6.45, 7) is 8.99. The Kier molecular flexibility index (Phi) is 7.19. The first-order valence-corrected chi connectivity index (χ1v) is 12.0. The number of amides is 1. The highest BCUT2D eigenvalue weighted by atomic mass is 32.1. The molecule has 7 heteroatoms. The van der Waals surface area contributed by atoms with Crippen molar-refractivity contribution in [3.8, 4) is 5.75 Å². The summed E-state index contributed by atoms with van der Waals surface area (Å²) in [5, 5.41) is 0.638. The number of anilines is 2. The van der Waals surface area contributed by atoms with Crippen molar-refractivity contribution in [2.24, 2.45) is 0 Å². The van der Waals surface area contributed by atoms with E-state index in [1.807, 2.05) is 61.5 Å². The summed E-state index contributed by atoms with van der Waals surface area (Å²) < 4.78 is 6.74. The molecule has 2 heterocycles. The first-order valence-electron chi connectivity index (χ1n) is 11.2. The van der Waals surface area contributed by atoms with Gasteiger partial charge in [-0.2, -0.15) is 0 Å². The van der Waals surface area contributed by atoms with Crippen LogP contribution >= 0.6 is 11.3 Å². The van der Waals surface area contributed by atoms with Crippen LogP contribution in [0.5, 0.6) is 5.75 Å². The van der Waals surface area contributed by atoms with E-state index in [9.17, 15) is 4.79 Å². The Morgan fingerprint density at radius 2 is 1.79 bits per heavy atom. The number of ether oxygens (including phenoxy) is 1. The van der Waals surface area contributed by atoms with Crippen LogP contribution in [0.25, 0.3) is 10.2 Å². The standard InChI is InChI=1S/C26H28N4O2S/c1-4-29(5-2)21-14-12-20(13-15-21)25(31)30(18-19-9-8-16-27-17-19)26-28-24-22(32-6-3)10-7-11-23(24)33-26/h7-17H,4-6,18H2,1-3H3. The number of fused-ring (bicyclic) bond motifs is 1. The molecule has 0 atom stereocenters. The Bertz CT molecular complexity index is 1200. The molecule has 6 nitrogen and oxygen atoms in total. The molecule has 1 amide bonds. The minimum atomic E-state index is -0.0954. The monoisotopic (exact) mass is 460 g/mol. The Morgan fingerprint density at radius 3 is 2.45 bits per heavy atom. The van der Waals surface area contributed by atoms with Crippen molar-refractivity contribution in [1.29, 1.82) is 0 Å². The quantitative estimate of drug-likeness (QED) is 0.317. The van der Waals surface area contributed by atoms with E-state index in [2.05, 4.69) is 23.7 Å². The molecule has 0 bridgehead atoms. The van der Waals surface area contributed by atoms with Gasteiger partial charge >= 0.3 is 0 Å². The van der Waals surface area contributed by atoms with Gasteiger partial charge in [0.2, 0.25) is 0 Å². The number of benzene rings is 2. The topological polar surface area (TPSA) is 58.6 Å². The van der Waals surface area contributed by atoms with E-state index in [0.29, 0.717) is 23.8 Å². The molecule has 0 aliphatic rings. The molecule has 0 saturated carbocycles. The largest absolute Gasteiger partial charge is 0.492 e. The second-order valence-corrected chi connectivity index (χ2v) is 8.51. The number of pyridine rings is 1. The first kappa shape index (κ1) is 22.7. The summed E-state index contributed by atoms with van der Waals surface area (Å²) in [5.41, 5.74) is 3.45. The van der Waals surface area contributed by atoms with Gasteiger partial charge in [-0.15, -0.1) is 0 Å². The molecule has 0 unspecified atom stereocenters. The predicted molar refractivity (Wildman–Crippen MR) is 136 cm³/mol. The molecule has 0 aliphatic carbocycles. The number of nitrogens with zero attached hydrogens (tertiary/aromatic N) is 4. The zero-order chi connectivity index (χ0) is 23.2. The minimum absolute atomic E-state index is 0.0954. The van der Waals surface area contributed by atoms with Gasteiger partial charge in [0.15, 0.2) is 5.13 Å². The molecule has 4 aromatic rings. The maximum atomic E-state index is 13.7. The van der Waals surface area contributed by atoms with Crippen LogP contribution in [0.4, 0.5) is 10.8 Å². The van der Waals surface area contributed by atoms with Crippen LogP contribution in [0.15, 0.2) is 67.0 Å². The SMILES string of the molecule is CCOc1cccc2sc(N(Cc3cccnc3)C(=O)c3ccc(N(CC)CC)cc3)nc12. The molecular weight excluding hydrogens is 432 g/mol. The number of rotatable bonds is 9. The van der Waals surface area contributed by atoms with Gasteiger partial charge in [-0.25, -0.2) is 4.98 Å². The van der Waals surface area contributed by atoms with Crippen LogP contribution < -0.4 is 14.5 Å². The average Bonchev–Trinajstić information content (AvgIpc) is 3.29. The third kappa shape index (κ3) is 4.98. The number of hydrogen-bond donors (Lipinski definition) is 0. The van der Waals surface area contributed by atoms with Crippen LogP contribution in [-0.2, 0) is 6.54 Å². The zero-order valence-corrected chi connectivity index (χ0v) is 20.0. The van der Waals surface area contributed by atoms with E-state index in [4.69, 9.17) is 9.72 Å². The van der Waals surface area contributed by atoms with Crippen molar-refractivity contribution < 1.29 is 9.53 Å². The van der Waals surface area contributed by atoms with Gasteiger partial charge in [0.25, 0.3) is 5.91 Å². The maximum absolute atomic E-state index is 13.7. The van der Waals surface area contributed by atoms with Crippen molar-refractivity contribution in [3.05, 3.63) is 78.1 Å². The van der Waals surface area contributed by atoms with Crippen molar-refractivity contribution in [2.75, 3.05) is 29.5 Å². The number of carbonyl (C=O) groups excluding carboxylic acids is 1. The van der Waals surface area contributed by atoms with Gasteiger partial charge in [-0.1, -0.05) is 23.5 Å². The zero-order valence-electron chi connectivity index (χ0n) is 19.2. The summed E-state index contributed by atoms with van der Waals surface area (Å²) >= 11 is 1.49. The number of aromatic nitrogens is 2. The van der Waals surface area contributed by atoms with Crippen molar-refractivity contribution >= 4 is 38.3 Å². The van der Waals surface area contributed by atoms with Crippen molar-refractivity contribution in [1.82, 2.24) is 9.97 Å². The Labute approximate surface area is 198 Å². The molecule has 2 aromatic heterocycles. The van der Waals surface area contributed by atoms with E-state index in [0.717, 1.165) is 40.3 Å². The number of hydrogen-bond acceptors (Lipinski definition) is 6. The summed E-state index contributed by atoms with van der Waals surface area (Å²) in [4.78, 5) is 26.7. The fourth-order valence-electron chi connectivity index (χ4n) is 3.76. The van der Waals surface area contributed by atoms with Crippen LogP contribution in [0.2, 0.25) is 0 Å². The molecule has 170 valence electrons. The van der Waals surface area contributed by atoms with Gasteiger partial charge < -0.3 is 9.64 Å². The van der Waals surface area contributed by atoms with Gasteiger partial charge in [-0.3, -0.25) is 14.7 Å². The lowest BCUT2D eigenvalue weighted by atomic mass is 10.1. The summed E-state index contributed by atoms with van der Waals surface area (Å²) in [7, 11) is 0. The molecule has 4 rings (SSSR count). The molecule has 0 aliphatic heterocycles. The van der Waals surface area contributed by atoms with E-state index >= 15 is 0 Å². The molecular formula is C26H28N4O2S. The highest BCUT2D eigenvalue weighted by Crippen LogP contribution is 2.35. The van der Waals surface area contributed by atoms with Gasteiger partial charge in [-0.05, 0) is 68.8 Å². The Balaban J connectivity index is 1.72. The minimum Gasteiger partial charge on any atom is -0.492 e. The molecule has 0 N–H and O–H groups in total. The Hall–Kier alpha value is -3.45. The molecule has 0 fully saturated rings. The van der Waals surface area contributed by atoms with Crippen LogP contribution in [0, 0.1) is 0 Å². The molecule has 0 saturated heterocycles. The molecule has 33 heavy (non-hydrogen) atoms.